The molecular formula is C22H15N3O2S2. The van der Waals surface area contributed by atoms with Crippen LogP contribution in [-0.4, -0.2) is 18.4 Å². The first-order valence-corrected chi connectivity index (χ1v) is 11.2. The number of hydrogen-bond acceptors (Lipinski definition) is 5. The maximum Gasteiger partial charge on any atom is 0.261 e. The monoisotopic (exact) mass is 417 g/mol. The third-order valence-corrected chi connectivity index (χ3v) is 6.97. The molecule has 2 aromatic heterocycles. The lowest BCUT2D eigenvalue weighted by molar-refractivity contribution is 0.601. The van der Waals surface area contributed by atoms with E-state index in [-0.39, 0.29) is 4.90 Å². The van der Waals surface area contributed by atoms with Gasteiger partial charge in [-0.15, -0.1) is 0 Å². The van der Waals surface area contributed by atoms with E-state index in [1.807, 2.05) is 54.6 Å². The minimum atomic E-state index is -3.71. The summed E-state index contributed by atoms with van der Waals surface area (Å²) >= 11 is 1.48. The summed E-state index contributed by atoms with van der Waals surface area (Å²) in [7, 11) is -3.71. The van der Waals surface area contributed by atoms with Crippen LogP contribution < -0.4 is 4.72 Å². The fourth-order valence-electron chi connectivity index (χ4n) is 3.16. The number of fused-ring (bicyclic) bond motifs is 2. The summed E-state index contributed by atoms with van der Waals surface area (Å²) < 4.78 is 28.5. The molecule has 29 heavy (non-hydrogen) atoms. The zero-order valence-corrected chi connectivity index (χ0v) is 16.7. The van der Waals surface area contributed by atoms with Crippen LogP contribution in [0.4, 0.5) is 5.69 Å². The molecule has 0 saturated carbocycles. The van der Waals surface area contributed by atoms with Crippen molar-refractivity contribution >= 4 is 48.2 Å². The lowest BCUT2D eigenvalue weighted by atomic mass is 10.1. The lowest BCUT2D eigenvalue weighted by Crippen LogP contribution is -2.12. The number of rotatable bonds is 4. The first kappa shape index (κ1) is 17.8. The summed E-state index contributed by atoms with van der Waals surface area (Å²) in [6, 6.07) is 23.8. The predicted octanol–water partition coefficient (Wildman–Crippen LogP) is 5.31. The average Bonchev–Trinajstić information content (AvgIpc) is 3.18. The second-order valence-corrected chi connectivity index (χ2v) is 9.20. The Hall–Kier alpha value is -3.29. The normalized spacial score (nSPS) is 11.7. The highest BCUT2D eigenvalue weighted by atomic mass is 32.2. The summed E-state index contributed by atoms with van der Waals surface area (Å²) in [5.41, 5.74) is 2.16. The average molecular weight is 418 g/mol. The molecular weight excluding hydrogens is 402 g/mol. The minimum Gasteiger partial charge on any atom is -0.280 e. The van der Waals surface area contributed by atoms with Crippen LogP contribution in [-0.2, 0) is 10.0 Å². The molecule has 0 amide bonds. The zero-order chi connectivity index (χ0) is 19.8. The van der Waals surface area contributed by atoms with E-state index in [0.29, 0.717) is 5.69 Å². The smallest absolute Gasteiger partial charge is 0.261 e. The predicted molar refractivity (Wildman–Crippen MR) is 118 cm³/mol. The van der Waals surface area contributed by atoms with Crippen molar-refractivity contribution in [3.8, 4) is 10.6 Å². The molecule has 1 N–H and O–H groups in total. The Bertz CT molecular complexity index is 1430. The summed E-state index contributed by atoms with van der Waals surface area (Å²) in [5.74, 6) is 0. The standard InChI is InChI=1S/C22H15N3O2S2/c26-29(27,19-11-10-15-5-1-2-6-16(15)14-19)25-18-8-3-7-17(13-18)21-24-20-9-4-12-23-22(20)28-21/h1-14,25H. The summed E-state index contributed by atoms with van der Waals surface area (Å²) in [6.07, 6.45) is 1.73. The number of aromatic nitrogens is 2. The molecule has 142 valence electrons. The molecule has 0 fully saturated rings. The number of thiazole rings is 1. The van der Waals surface area contributed by atoms with E-state index in [4.69, 9.17) is 0 Å². The first-order valence-electron chi connectivity index (χ1n) is 8.92. The number of nitrogens with one attached hydrogen (secondary N) is 1. The Morgan fingerprint density at radius 1 is 0.828 bits per heavy atom. The quantitative estimate of drug-likeness (QED) is 0.430. The van der Waals surface area contributed by atoms with E-state index in [9.17, 15) is 8.42 Å². The van der Waals surface area contributed by atoms with Gasteiger partial charge in [0.25, 0.3) is 10.0 Å². The molecule has 0 atom stereocenters. The van der Waals surface area contributed by atoms with Gasteiger partial charge in [-0.3, -0.25) is 4.72 Å². The Morgan fingerprint density at radius 3 is 2.55 bits per heavy atom. The molecule has 5 rings (SSSR count). The van der Waals surface area contributed by atoms with E-state index in [2.05, 4.69) is 14.7 Å². The van der Waals surface area contributed by atoms with Crippen LogP contribution >= 0.6 is 11.3 Å². The number of pyridine rings is 1. The second kappa shape index (κ2) is 6.95. The number of hydrogen-bond donors (Lipinski definition) is 1. The molecule has 0 radical (unpaired) electrons. The Kier molecular flexibility index (Phi) is 4.26. The van der Waals surface area contributed by atoms with Crippen LogP contribution in [0.15, 0.2) is 90.0 Å². The van der Waals surface area contributed by atoms with Crippen LogP contribution in [0.3, 0.4) is 0 Å². The Labute approximate surface area is 171 Å². The minimum absolute atomic E-state index is 0.228. The molecule has 0 aliphatic carbocycles. The van der Waals surface area contributed by atoms with Gasteiger partial charge in [-0.2, -0.15) is 0 Å². The highest BCUT2D eigenvalue weighted by Gasteiger charge is 2.15. The second-order valence-electron chi connectivity index (χ2n) is 6.54. The van der Waals surface area contributed by atoms with Gasteiger partial charge in [0.2, 0.25) is 0 Å². The van der Waals surface area contributed by atoms with Gasteiger partial charge in [-0.25, -0.2) is 18.4 Å². The van der Waals surface area contributed by atoms with Gasteiger partial charge in [0.1, 0.15) is 15.4 Å². The largest absolute Gasteiger partial charge is 0.280 e. The molecule has 0 aliphatic heterocycles. The molecule has 0 saturated heterocycles. The van der Waals surface area contributed by atoms with Crippen LogP contribution in [0.2, 0.25) is 0 Å². The molecule has 0 aliphatic rings. The maximum absolute atomic E-state index is 12.9. The summed E-state index contributed by atoms with van der Waals surface area (Å²) in [4.78, 5) is 9.99. The lowest BCUT2D eigenvalue weighted by Gasteiger charge is -2.10. The van der Waals surface area contributed by atoms with Gasteiger partial charge < -0.3 is 0 Å². The van der Waals surface area contributed by atoms with Crippen molar-refractivity contribution in [3.05, 3.63) is 85.1 Å². The van der Waals surface area contributed by atoms with E-state index in [1.165, 1.54) is 11.3 Å². The van der Waals surface area contributed by atoms with Crippen molar-refractivity contribution in [3.63, 3.8) is 0 Å². The van der Waals surface area contributed by atoms with E-state index < -0.39 is 10.0 Å². The van der Waals surface area contributed by atoms with E-state index in [0.717, 1.165) is 31.7 Å². The topological polar surface area (TPSA) is 72.0 Å². The van der Waals surface area contributed by atoms with Gasteiger partial charge in [0.15, 0.2) is 0 Å². The van der Waals surface area contributed by atoms with Crippen molar-refractivity contribution in [2.45, 2.75) is 4.90 Å². The van der Waals surface area contributed by atoms with Crippen LogP contribution in [0.5, 0.6) is 0 Å². The van der Waals surface area contributed by atoms with Crippen molar-refractivity contribution < 1.29 is 8.42 Å². The van der Waals surface area contributed by atoms with Gasteiger partial charge in [0, 0.05) is 17.4 Å². The fourth-order valence-corrected chi connectivity index (χ4v) is 5.15. The maximum atomic E-state index is 12.9. The van der Waals surface area contributed by atoms with E-state index >= 15 is 0 Å². The van der Waals surface area contributed by atoms with Crippen molar-refractivity contribution in [1.29, 1.82) is 0 Å². The number of nitrogens with zero attached hydrogens (tertiary/aromatic N) is 2. The van der Waals surface area contributed by atoms with Crippen LogP contribution in [0.1, 0.15) is 0 Å². The van der Waals surface area contributed by atoms with Gasteiger partial charge in [-0.05, 0) is 47.2 Å². The SMILES string of the molecule is O=S(=O)(Nc1cccc(-c2nc3cccnc3s2)c1)c1ccc2ccccc2c1. The Morgan fingerprint density at radius 2 is 1.69 bits per heavy atom. The number of benzene rings is 3. The molecule has 5 nitrogen and oxygen atoms in total. The fraction of sp³-hybridized carbons (Fsp3) is 0. The third-order valence-electron chi connectivity index (χ3n) is 4.56. The highest BCUT2D eigenvalue weighted by molar-refractivity contribution is 7.92. The van der Waals surface area contributed by atoms with Crippen molar-refractivity contribution in [2.24, 2.45) is 0 Å². The molecule has 2 heterocycles. The number of sulfonamides is 1. The summed E-state index contributed by atoms with van der Waals surface area (Å²) in [6.45, 7) is 0. The van der Waals surface area contributed by atoms with Gasteiger partial charge in [-0.1, -0.05) is 53.8 Å². The molecule has 0 bridgehead atoms. The van der Waals surface area contributed by atoms with Crippen molar-refractivity contribution in [1.82, 2.24) is 9.97 Å². The molecule has 0 spiro atoms. The first-order chi connectivity index (χ1) is 14.1. The number of anilines is 1. The molecule has 3 aromatic carbocycles. The summed E-state index contributed by atoms with van der Waals surface area (Å²) in [5, 5.41) is 2.68. The van der Waals surface area contributed by atoms with Crippen LogP contribution in [0, 0.1) is 0 Å². The highest BCUT2D eigenvalue weighted by Crippen LogP contribution is 2.31. The van der Waals surface area contributed by atoms with Crippen LogP contribution in [0.25, 0.3) is 31.7 Å². The molecule has 7 heteroatoms. The van der Waals surface area contributed by atoms with Crippen molar-refractivity contribution in [2.75, 3.05) is 4.72 Å². The van der Waals surface area contributed by atoms with E-state index in [1.54, 1.807) is 30.5 Å². The van der Waals surface area contributed by atoms with Gasteiger partial charge >= 0.3 is 0 Å². The third kappa shape index (κ3) is 3.46. The van der Waals surface area contributed by atoms with Gasteiger partial charge in [0.05, 0.1) is 4.90 Å². The Balaban J connectivity index is 1.48. The molecule has 5 aromatic rings. The zero-order valence-electron chi connectivity index (χ0n) is 15.1. The molecule has 0 unspecified atom stereocenters.